The Balaban J connectivity index is 1.47. The molecule has 4 heterocycles. The average Bonchev–Trinajstić information content (AvgIpc) is 2.66. The van der Waals surface area contributed by atoms with E-state index < -0.39 is 0 Å². The zero-order chi connectivity index (χ0) is 16.5. The molecular formula is C21H27N3. The van der Waals surface area contributed by atoms with E-state index in [0.29, 0.717) is 12.1 Å². The van der Waals surface area contributed by atoms with Gasteiger partial charge >= 0.3 is 0 Å². The van der Waals surface area contributed by atoms with Crippen molar-refractivity contribution in [1.29, 1.82) is 0 Å². The van der Waals surface area contributed by atoms with Crippen molar-refractivity contribution in [3.63, 3.8) is 0 Å². The molecule has 24 heavy (non-hydrogen) atoms. The molecule has 3 saturated heterocycles. The minimum Gasteiger partial charge on any atom is -0.365 e. The summed E-state index contributed by atoms with van der Waals surface area (Å²) in [6.07, 6.45) is 5.72. The molecule has 2 atom stereocenters. The summed E-state index contributed by atoms with van der Waals surface area (Å²) in [5, 5.41) is 3.71. The zero-order valence-corrected chi connectivity index (χ0v) is 14.7. The number of nitrogens with one attached hydrogen (secondary N) is 1. The normalized spacial score (nSPS) is 28.8. The monoisotopic (exact) mass is 321 g/mol. The van der Waals surface area contributed by atoms with Gasteiger partial charge in [-0.3, -0.25) is 4.90 Å². The summed E-state index contributed by atoms with van der Waals surface area (Å²) in [5.74, 6) is 1.81. The lowest BCUT2D eigenvalue weighted by Gasteiger charge is -2.50. The van der Waals surface area contributed by atoms with E-state index in [0.717, 1.165) is 18.2 Å². The fourth-order valence-corrected chi connectivity index (χ4v) is 4.30. The summed E-state index contributed by atoms with van der Waals surface area (Å²) >= 11 is 0. The minimum absolute atomic E-state index is 0.537. The fraction of sp³-hybridized carbons (Fsp3) is 0.476. The predicted octanol–water partition coefficient (Wildman–Crippen LogP) is 4.21. The Labute approximate surface area is 145 Å². The molecule has 0 aliphatic carbocycles. The van der Waals surface area contributed by atoms with Crippen molar-refractivity contribution in [2.24, 2.45) is 5.92 Å². The Morgan fingerprint density at radius 2 is 1.75 bits per heavy atom. The highest BCUT2D eigenvalue weighted by atomic mass is 15.2. The first-order chi connectivity index (χ1) is 11.7. The van der Waals surface area contributed by atoms with Crippen LogP contribution in [0.2, 0.25) is 0 Å². The summed E-state index contributed by atoms with van der Waals surface area (Å²) in [4.78, 5) is 7.29. The Hall–Kier alpha value is -1.87. The summed E-state index contributed by atoms with van der Waals surface area (Å²) in [7, 11) is 0. The minimum atomic E-state index is 0.537. The van der Waals surface area contributed by atoms with Crippen LogP contribution in [0, 0.1) is 5.92 Å². The summed E-state index contributed by atoms with van der Waals surface area (Å²) in [6, 6.07) is 14.3. The van der Waals surface area contributed by atoms with Crippen LogP contribution in [0.25, 0.3) is 11.1 Å². The van der Waals surface area contributed by atoms with Gasteiger partial charge in [-0.2, -0.15) is 0 Å². The molecule has 0 spiro atoms. The highest BCUT2D eigenvalue weighted by molar-refractivity contribution is 5.64. The fourth-order valence-electron chi connectivity index (χ4n) is 4.30. The number of aryl methyl sites for hydroxylation is 1. The molecule has 2 unspecified atom stereocenters. The van der Waals surface area contributed by atoms with Crippen LogP contribution >= 0.6 is 0 Å². The highest BCUT2D eigenvalue weighted by Gasteiger charge is 2.39. The molecular weight excluding hydrogens is 294 g/mol. The lowest BCUT2D eigenvalue weighted by molar-refractivity contribution is 0.0457. The van der Waals surface area contributed by atoms with E-state index >= 15 is 0 Å². The van der Waals surface area contributed by atoms with Crippen LogP contribution in [-0.2, 0) is 6.42 Å². The third-order valence-electron chi connectivity index (χ3n) is 5.95. The lowest BCUT2D eigenvalue weighted by Crippen LogP contribution is -2.59. The van der Waals surface area contributed by atoms with Crippen molar-refractivity contribution in [3.8, 4) is 11.1 Å². The van der Waals surface area contributed by atoms with Crippen molar-refractivity contribution in [3.05, 3.63) is 48.2 Å². The quantitative estimate of drug-likeness (QED) is 0.914. The van der Waals surface area contributed by atoms with Crippen LogP contribution in [0.5, 0.6) is 0 Å². The van der Waals surface area contributed by atoms with Crippen molar-refractivity contribution < 1.29 is 0 Å². The molecule has 1 N–H and O–H groups in total. The second-order valence-electron chi connectivity index (χ2n) is 7.27. The smallest absolute Gasteiger partial charge is 0.126 e. The molecule has 5 rings (SSSR count). The second-order valence-corrected chi connectivity index (χ2v) is 7.27. The highest BCUT2D eigenvalue weighted by Crippen LogP contribution is 2.34. The van der Waals surface area contributed by atoms with E-state index in [1.807, 2.05) is 6.20 Å². The molecule has 3 nitrogen and oxygen atoms in total. The molecule has 3 fully saturated rings. The second kappa shape index (κ2) is 6.56. The van der Waals surface area contributed by atoms with Crippen molar-refractivity contribution >= 4 is 5.82 Å². The van der Waals surface area contributed by atoms with Gasteiger partial charge in [0, 0.05) is 23.8 Å². The number of aromatic nitrogens is 1. The Morgan fingerprint density at radius 3 is 2.33 bits per heavy atom. The molecule has 126 valence electrons. The standard InChI is InChI=1S/C21H27N3/c1-3-16-4-6-17(7-5-16)19-8-9-20(22-14-19)23-21-15(2)24-12-10-18(21)11-13-24/h4-9,14-15,18,21H,3,10-13H2,1-2H3,(H,22,23). The first-order valence-corrected chi connectivity index (χ1v) is 9.30. The summed E-state index contributed by atoms with van der Waals surface area (Å²) in [5.41, 5.74) is 3.80. The van der Waals surface area contributed by atoms with E-state index in [2.05, 4.69) is 65.4 Å². The molecule has 2 bridgehead atoms. The van der Waals surface area contributed by atoms with E-state index in [-0.39, 0.29) is 0 Å². The number of hydrogen-bond acceptors (Lipinski definition) is 3. The van der Waals surface area contributed by atoms with Gasteiger partial charge in [-0.1, -0.05) is 31.2 Å². The molecule has 1 aromatic carbocycles. The maximum Gasteiger partial charge on any atom is 0.126 e. The van der Waals surface area contributed by atoms with Crippen LogP contribution in [0.3, 0.4) is 0 Å². The van der Waals surface area contributed by atoms with Crippen molar-refractivity contribution in [2.45, 2.75) is 45.2 Å². The number of anilines is 1. The number of nitrogens with zero attached hydrogens (tertiary/aromatic N) is 2. The molecule has 3 aliphatic rings. The van der Waals surface area contributed by atoms with E-state index in [1.54, 1.807) is 0 Å². The Morgan fingerprint density at radius 1 is 1.04 bits per heavy atom. The molecule has 0 saturated carbocycles. The molecule has 1 aromatic heterocycles. The average molecular weight is 321 g/mol. The van der Waals surface area contributed by atoms with Gasteiger partial charge in [0.05, 0.1) is 0 Å². The molecule has 0 amide bonds. The van der Waals surface area contributed by atoms with Gasteiger partial charge in [-0.25, -0.2) is 4.98 Å². The molecule has 2 aromatic rings. The third kappa shape index (κ3) is 2.93. The number of pyridine rings is 1. The van der Waals surface area contributed by atoms with Crippen LogP contribution in [0.15, 0.2) is 42.6 Å². The van der Waals surface area contributed by atoms with Crippen LogP contribution in [-0.4, -0.2) is 35.1 Å². The topological polar surface area (TPSA) is 28.2 Å². The number of benzene rings is 1. The van der Waals surface area contributed by atoms with Crippen LogP contribution in [0.4, 0.5) is 5.82 Å². The summed E-state index contributed by atoms with van der Waals surface area (Å²) < 4.78 is 0. The van der Waals surface area contributed by atoms with E-state index in [9.17, 15) is 0 Å². The number of fused-ring (bicyclic) bond motifs is 3. The summed E-state index contributed by atoms with van der Waals surface area (Å²) in [6.45, 7) is 7.08. The lowest BCUT2D eigenvalue weighted by atomic mass is 9.79. The zero-order valence-electron chi connectivity index (χ0n) is 14.7. The van der Waals surface area contributed by atoms with E-state index in [4.69, 9.17) is 0 Å². The van der Waals surface area contributed by atoms with E-state index in [1.165, 1.54) is 42.6 Å². The van der Waals surface area contributed by atoms with Gasteiger partial charge in [0.25, 0.3) is 0 Å². The molecule has 3 heteroatoms. The predicted molar refractivity (Wildman–Crippen MR) is 100 cm³/mol. The number of hydrogen-bond donors (Lipinski definition) is 1. The van der Waals surface area contributed by atoms with Crippen LogP contribution in [0.1, 0.15) is 32.3 Å². The Bertz CT molecular complexity index is 667. The maximum absolute atomic E-state index is 4.68. The van der Waals surface area contributed by atoms with Crippen LogP contribution < -0.4 is 5.32 Å². The van der Waals surface area contributed by atoms with Gasteiger partial charge < -0.3 is 5.32 Å². The molecule has 3 aliphatic heterocycles. The maximum atomic E-state index is 4.68. The van der Waals surface area contributed by atoms with Crippen molar-refractivity contribution in [1.82, 2.24) is 9.88 Å². The third-order valence-corrected chi connectivity index (χ3v) is 5.95. The van der Waals surface area contributed by atoms with Crippen molar-refractivity contribution in [2.75, 3.05) is 18.4 Å². The van der Waals surface area contributed by atoms with Gasteiger partial charge in [0.1, 0.15) is 5.82 Å². The molecule has 0 radical (unpaired) electrons. The van der Waals surface area contributed by atoms with Gasteiger partial charge in [0.2, 0.25) is 0 Å². The first-order valence-electron chi connectivity index (χ1n) is 9.30. The number of rotatable bonds is 4. The van der Waals surface area contributed by atoms with Gasteiger partial charge in [0.15, 0.2) is 0 Å². The van der Waals surface area contributed by atoms with Gasteiger partial charge in [-0.15, -0.1) is 0 Å². The SMILES string of the molecule is CCc1ccc(-c2ccc(NC3C4CCN(CC4)C3C)nc2)cc1. The Kier molecular flexibility index (Phi) is 4.28. The number of piperidine rings is 3. The largest absolute Gasteiger partial charge is 0.365 e. The van der Waals surface area contributed by atoms with Gasteiger partial charge in [-0.05, 0) is 68.5 Å². The first kappa shape index (κ1) is 15.6.